The number of anilines is 1. The molecule has 0 fully saturated rings. The average molecular weight is 581 g/mol. The molecule has 0 spiro atoms. The zero-order chi connectivity index (χ0) is 27.0. The van der Waals surface area contributed by atoms with E-state index in [0.717, 1.165) is 27.6 Å². The van der Waals surface area contributed by atoms with Gasteiger partial charge in [0.05, 0.1) is 11.9 Å². The first-order valence-corrected chi connectivity index (χ1v) is 14.9. The van der Waals surface area contributed by atoms with Crippen molar-refractivity contribution in [3.8, 4) is 0 Å². The number of nitrogens with zero attached hydrogens (tertiary/aromatic N) is 2. The lowest BCUT2D eigenvalue weighted by molar-refractivity contribution is -0.140. The maximum Gasteiger partial charge on any atom is 0.242 e. The molecule has 7 nitrogen and oxygen atoms in total. The maximum atomic E-state index is 13.4. The molecule has 9 heteroatoms. The molecule has 2 rings (SSSR count). The lowest BCUT2D eigenvalue weighted by Crippen LogP contribution is -2.49. The molecule has 0 unspecified atom stereocenters. The molecule has 0 aromatic heterocycles. The number of aryl methyl sites for hydroxylation is 2. The largest absolute Gasteiger partial charge is 0.352 e. The van der Waals surface area contributed by atoms with E-state index in [1.54, 1.807) is 11.8 Å². The minimum Gasteiger partial charge on any atom is -0.352 e. The average Bonchev–Trinajstić information content (AvgIpc) is 2.81. The van der Waals surface area contributed by atoms with Crippen LogP contribution in [0.2, 0.25) is 0 Å². The Bertz CT molecular complexity index is 1150. The van der Waals surface area contributed by atoms with Crippen molar-refractivity contribution < 1.29 is 18.0 Å². The number of amides is 2. The molecule has 1 N–H and O–H groups in total. The number of hydrogen-bond acceptors (Lipinski definition) is 4. The highest BCUT2D eigenvalue weighted by molar-refractivity contribution is 9.10. The number of carbonyl (C=O) groups is 2. The van der Waals surface area contributed by atoms with Crippen LogP contribution in [-0.2, 0) is 26.2 Å². The van der Waals surface area contributed by atoms with E-state index in [0.29, 0.717) is 12.1 Å². The van der Waals surface area contributed by atoms with Crippen LogP contribution in [-0.4, -0.2) is 50.0 Å². The molecule has 2 aromatic rings. The van der Waals surface area contributed by atoms with Gasteiger partial charge in [-0.25, -0.2) is 8.42 Å². The predicted molar refractivity (Wildman–Crippen MR) is 149 cm³/mol. The van der Waals surface area contributed by atoms with Crippen molar-refractivity contribution in [2.45, 2.75) is 72.5 Å². The van der Waals surface area contributed by atoms with Gasteiger partial charge in [-0.2, -0.15) is 0 Å². The summed E-state index contributed by atoms with van der Waals surface area (Å²) in [5, 5.41) is 2.96. The second-order valence-corrected chi connectivity index (χ2v) is 12.2. The molecule has 0 aliphatic heterocycles. The van der Waals surface area contributed by atoms with Crippen molar-refractivity contribution >= 4 is 43.5 Å². The topological polar surface area (TPSA) is 86.8 Å². The van der Waals surface area contributed by atoms with Gasteiger partial charge in [-0.05, 0) is 75.4 Å². The monoisotopic (exact) mass is 579 g/mol. The normalized spacial score (nSPS) is 13.1. The molecule has 2 amide bonds. The first kappa shape index (κ1) is 29.8. The Labute approximate surface area is 224 Å². The first-order valence-electron chi connectivity index (χ1n) is 12.2. The van der Waals surface area contributed by atoms with Crippen LogP contribution in [0.4, 0.5) is 5.69 Å². The molecular formula is C27H38BrN3O4S. The fourth-order valence-electron chi connectivity index (χ4n) is 3.81. The van der Waals surface area contributed by atoms with Gasteiger partial charge in [-0.3, -0.25) is 13.9 Å². The number of halogens is 1. The molecule has 36 heavy (non-hydrogen) atoms. The number of hydrogen-bond donors (Lipinski definition) is 1. The maximum absolute atomic E-state index is 13.4. The van der Waals surface area contributed by atoms with Crippen LogP contribution < -0.4 is 9.62 Å². The molecule has 0 bridgehead atoms. The smallest absolute Gasteiger partial charge is 0.242 e. The van der Waals surface area contributed by atoms with Gasteiger partial charge in [0, 0.05) is 30.0 Å². The fraction of sp³-hybridized carbons (Fsp3) is 0.481. The van der Waals surface area contributed by atoms with E-state index in [9.17, 15) is 18.0 Å². The van der Waals surface area contributed by atoms with E-state index in [1.807, 2.05) is 70.2 Å². The Hall–Kier alpha value is -2.39. The second kappa shape index (κ2) is 13.2. The number of rotatable bonds is 12. The summed E-state index contributed by atoms with van der Waals surface area (Å²) in [6, 6.07) is 12.6. The number of benzene rings is 2. The summed E-state index contributed by atoms with van der Waals surface area (Å²) in [4.78, 5) is 27.8. The summed E-state index contributed by atoms with van der Waals surface area (Å²) < 4.78 is 27.4. The van der Waals surface area contributed by atoms with Crippen molar-refractivity contribution in [2.24, 2.45) is 0 Å². The third kappa shape index (κ3) is 8.62. The lowest BCUT2D eigenvalue weighted by atomic mass is 10.1. The second-order valence-electron chi connectivity index (χ2n) is 9.37. The van der Waals surface area contributed by atoms with E-state index < -0.39 is 16.1 Å². The van der Waals surface area contributed by atoms with Gasteiger partial charge < -0.3 is 10.2 Å². The third-order valence-corrected chi connectivity index (χ3v) is 7.93. The summed E-state index contributed by atoms with van der Waals surface area (Å²) >= 11 is 3.42. The molecule has 0 aliphatic rings. The minimum absolute atomic E-state index is 0.00507. The Morgan fingerprint density at radius 3 is 2.28 bits per heavy atom. The van der Waals surface area contributed by atoms with Crippen molar-refractivity contribution in [3.63, 3.8) is 0 Å². The minimum atomic E-state index is -3.53. The molecule has 0 saturated carbocycles. The molecule has 0 radical (unpaired) electrons. The Morgan fingerprint density at radius 2 is 1.69 bits per heavy atom. The third-order valence-electron chi connectivity index (χ3n) is 6.22. The van der Waals surface area contributed by atoms with Crippen LogP contribution >= 0.6 is 15.9 Å². The van der Waals surface area contributed by atoms with Crippen LogP contribution in [0.25, 0.3) is 0 Å². The fourth-order valence-corrected chi connectivity index (χ4v) is 5.08. The quantitative estimate of drug-likeness (QED) is 0.385. The molecule has 2 atom stereocenters. The predicted octanol–water partition coefficient (Wildman–Crippen LogP) is 4.94. The van der Waals surface area contributed by atoms with E-state index in [4.69, 9.17) is 0 Å². The highest BCUT2D eigenvalue weighted by atomic mass is 79.9. The van der Waals surface area contributed by atoms with E-state index in [-0.39, 0.29) is 37.4 Å². The molecule has 2 aromatic carbocycles. The van der Waals surface area contributed by atoms with Gasteiger partial charge in [0.15, 0.2) is 0 Å². The Kier molecular flexibility index (Phi) is 11.0. The number of nitrogens with one attached hydrogen (secondary N) is 1. The van der Waals surface area contributed by atoms with Crippen molar-refractivity contribution in [1.82, 2.24) is 10.2 Å². The van der Waals surface area contributed by atoms with Gasteiger partial charge in [0.2, 0.25) is 21.8 Å². The van der Waals surface area contributed by atoms with Gasteiger partial charge >= 0.3 is 0 Å². The molecule has 0 aliphatic carbocycles. The van der Waals surface area contributed by atoms with E-state index in [1.165, 1.54) is 10.6 Å². The highest BCUT2D eigenvalue weighted by Gasteiger charge is 2.27. The zero-order valence-corrected chi connectivity index (χ0v) is 24.4. The molecular weight excluding hydrogens is 542 g/mol. The molecule has 198 valence electrons. The SMILES string of the molecule is CC[C@H](C)NC(=O)[C@H](C)N(Cc1ccc(Br)cc1)C(=O)CCCN(c1cc(C)ccc1C)S(C)(=O)=O. The Balaban J connectivity index is 2.20. The summed E-state index contributed by atoms with van der Waals surface area (Å²) in [5.41, 5.74) is 3.34. The van der Waals surface area contributed by atoms with Crippen LogP contribution in [0, 0.1) is 13.8 Å². The van der Waals surface area contributed by atoms with Crippen molar-refractivity contribution in [2.75, 3.05) is 17.1 Å². The van der Waals surface area contributed by atoms with Gasteiger partial charge in [-0.15, -0.1) is 0 Å². The van der Waals surface area contributed by atoms with Crippen LogP contribution in [0.1, 0.15) is 56.7 Å². The number of carbonyl (C=O) groups excluding carboxylic acids is 2. The lowest BCUT2D eigenvalue weighted by Gasteiger charge is -2.30. The summed E-state index contributed by atoms with van der Waals surface area (Å²) in [7, 11) is -3.53. The van der Waals surface area contributed by atoms with Crippen molar-refractivity contribution in [1.29, 1.82) is 0 Å². The van der Waals surface area contributed by atoms with Crippen LogP contribution in [0.5, 0.6) is 0 Å². The standard InChI is InChI=1S/C27H38BrN3O4S/c1-7-21(4)29-27(33)22(5)30(18-23-12-14-24(28)15-13-23)26(32)9-8-16-31(36(6,34)35)25-17-19(2)10-11-20(25)3/h10-15,17,21-22H,7-9,16,18H2,1-6H3,(H,29,33)/t21-,22-/m0/s1. The van der Waals surface area contributed by atoms with Gasteiger partial charge in [0.25, 0.3) is 0 Å². The summed E-state index contributed by atoms with van der Waals surface area (Å²) in [6.45, 7) is 9.90. The zero-order valence-electron chi connectivity index (χ0n) is 22.0. The number of sulfonamides is 1. The first-order chi connectivity index (χ1) is 16.8. The summed E-state index contributed by atoms with van der Waals surface area (Å²) in [6.07, 6.45) is 2.42. The van der Waals surface area contributed by atoms with E-state index in [2.05, 4.69) is 21.2 Å². The highest BCUT2D eigenvalue weighted by Crippen LogP contribution is 2.25. The van der Waals surface area contributed by atoms with Gasteiger partial charge in [-0.1, -0.05) is 47.1 Å². The van der Waals surface area contributed by atoms with Crippen LogP contribution in [0.3, 0.4) is 0 Å². The van der Waals surface area contributed by atoms with Crippen LogP contribution in [0.15, 0.2) is 46.9 Å². The van der Waals surface area contributed by atoms with Crippen molar-refractivity contribution in [3.05, 3.63) is 63.6 Å². The summed E-state index contributed by atoms with van der Waals surface area (Å²) in [5.74, 6) is -0.401. The van der Waals surface area contributed by atoms with Gasteiger partial charge in [0.1, 0.15) is 6.04 Å². The molecule has 0 saturated heterocycles. The molecule has 0 heterocycles. The van der Waals surface area contributed by atoms with E-state index >= 15 is 0 Å². The Morgan fingerprint density at radius 1 is 1.06 bits per heavy atom.